The second kappa shape index (κ2) is 4.33. The molecule has 0 amide bonds. The Morgan fingerprint density at radius 2 is 2.29 bits per heavy atom. The zero-order chi connectivity index (χ0) is 10.7. The van der Waals surface area contributed by atoms with Gasteiger partial charge < -0.3 is 4.98 Å². The van der Waals surface area contributed by atoms with E-state index in [9.17, 15) is 13.6 Å². The van der Waals surface area contributed by atoms with Gasteiger partial charge in [-0.3, -0.25) is 4.79 Å². The quantitative estimate of drug-likeness (QED) is 0.888. The summed E-state index contributed by atoms with van der Waals surface area (Å²) in [5, 5.41) is 8.39. The van der Waals surface area contributed by atoms with Crippen LogP contribution in [0.4, 0.5) is 8.78 Å². The largest absolute Gasteiger partial charge is 0.328 e. The average molecular weight is 263 g/mol. The van der Waals surface area contributed by atoms with E-state index >= 15 is 0 Å². The number of aromatic amines is 1. The summed E-state index contributed by atoms with van der Waals surface area (Å²) in [7, 11) is 0. The first-order chi connectivity index (χ1) is 6.57. The van der Waals surface area contributed by atoms with Crippen LogP contribution >= 0.6 is 15.9 Å². The van der Waals surface area contributed by atoms with E-state index in [1.165, 1.54) is 0 Å². The number of nitrogens with one attached hydrogen (secondary N) is 1. The Bertz CT molecular complexity index is 436. The second-order valence-electron chi connectivity index (χ2n) is 2.50. The zero-order valence-corrected chi connectivity index (χ0v) is 8.44. The van der Waals surface area contributed by atoms with E-state index in [1.807, 2.05) is 0 Å². The lowest BCUT2D eigenvalue weighted by Crippen LogP contribution is -2.14. The molecule has 0 aliphatic carbocycles. The van der Waals surface area contributed by atoms with Crippen LogP contribution in [0.25, 0.3) is 0 Å². The second-order valence-corrected chi connectivity index (χ2v) is 3.29. The lowest BCUT2D eigenvalue weighted by atomic mass is 10.1. The molecule has 1 rings (SSSR count). The molecule has 0 radical (unpaired) electrons. The van der Waals surface area contributed by atoms with Crippen molar-refractivity contribution in [2.45, 2.75) is 12.8 Å². The van der Waals surface area contributed by atoms with Gasteiger partial charge in [-0.05, 0) is 15.9 Å². The van der Waals surface area contributed by atoms with Crippen molar-refractivity contribution in [3.63, 3.8) is 0 Å². The van der Waals surface area contributed by atoms with Gasteiger partial charge in [-0.25, -0.2) is 8.78 Å². The van der Waals surface area contributed by atoms with Crippen molar-refractivity contribution in [3.8, 4) is 6.07 Å². The molecule has 0 saturated heterocycles. The SMILES string of the molecule is N#CCc1c(Br)c(C(F)F)c[nH]c1=O. The highest BCUT2D eigenvalue weighted by Crippen LogP contribution is 2.27. The van der Waals surface area contributed by atoms with Gasteiger partial charge in [0, 0.05) is 21.8 Å². The van der Waals surface area contributed by atoms with E-state index in [-0.39, 0.29) is 22.0 Å². The van der Waals surface area contributed by atoms with Crippen LogP contribution in [0.1, 0.15) is 17.6 Å². The monoisotopic (exact) mass is 262 g/mol. The summed E-state index contributed by atoms with van der Waals surface area (Å²) in [4.78, 5) is 13.3. The van der Waals surface area contributed by atoms with Crippen molar-refractivity contribution in [2.75, 3.05) is 0 Å². The zero-order valence-electron chi connectivity index (χ0n) is 6.85. The van der Waals surface area contributed by atoms with Gasteiger partial charge in [-0.1, -0.05) is 0 Å². The molecule has 0 unspecified atom stereocenters. The highest BCUT2D eigenvalue weighted by molar-refractivity contribution is 9.10. The molecule has 1 aromatic rings. The topological polar surface area (TPSA) is 56.6 Å². The highest BCUT2D eigenvalue weighted by Gasteiger charge is 2.16. The minimum Gasteiger partial charge on any atom is -0.328 e. The molecule has 0 aliphatic heterocycles. The smallest absolute Gasteiger partial charge is 0.266 e. The van der Waals surface area contributed by atoms with Crippen LogP contribution in [0.5, 0.6) is 0 Å². The van der Waals surface area contributed by atoms with Gasteiger partial charge in [-0.2, -0.15) is 5.26 Å². The van der Waals surface area contributed by atoms with E-state index in [1.54, 1.807) is 6.07 Å². The van der Waals surface area contributed by atoms with E-state index in [0.29, 0.717) is 0 Å². The molecule has 74 valence electrons. The highest BCUT2D eigenvalue weighted by atomic mass is 79.9. The van der Waals surface area contributed by atoms with Crippen LogP contribution in [0.2, 0.25) is 0 Å². The number of alkyl halides is 2. The first-order valence-corrected chi connectivity index (χ1v) is 4.42. The summed E-state index contributed by atoms with van der Waals surface area (Å²) in [6.45, 7) is 0. The van der Waals surface area contributed by atoms with Crippen LogP contribution < -0.4 is 5.56 Å². The fraction of sp³-hybridized carbons (Fsp3) is 0.250. The molecule has 0 saturated carbocycles. The Morgan fingerprint density at radius 3 is 2.79 bits per heavy atom. The minimum absolute atomic E-state index is 0.0119. The Labute approximate surface area is 86.5 Å². The van der Waals surface area contributed by atoms with Gasteiger partial charge in [0.25, 0.3) is 12.0 Å². The Balaban J connectivity index is 3.35. The maximum absolute atomic E-state index is 12.3. The Kier molecular flexibility index (Phi) is 3.36. The maximum Gasteiger partial charge on any atom is 0.266 e. The third-order valence-corrected chi connectivity index (χ3v) is 2.58. The number of hydrogen-bond donors (Lipinski definition) is 1. The molecule has 0 spiro atoms. The van der Waals surface area contributed by atoms with Crippen molar-refractivity contribution < 1.29 is 8.78 Å². The number of aromatic nitrogens is 1. The molecule has 3 nitrogen and oxygen atoms in total. The Morgan fingerprint density at radius 1 is 1.64 bits per heavy atom. The van der Waals surface area contributed by atoms with Gasteiger partial charge in [0.15, 0.2) is 0 Å². The number of nitriles is 1. The fourth-order valence-corrected chi connectivity index (χ4v) is 1.57. The molecule has 0 aromatic carbocycles. The third kappa shape index (κ3) is 1.99. The minimum atomic E-state index is -2.68. The normalized spacial score (nSPS) is 10.2. The van der Waals surface area contributed by atoms with Crippen molar-refractivity contribution in [2.24, 2.45) is 0 Å². The van der Waals surface area contributed by atoms with Crippen LogP contribution in [0.3, 0.4) is 0 Å². The van der Waals surface area contributed by atoms with Gasteiger partial charge in [0.2, 0.25) is 0 Å². The first-order valence-electron chi connectivity index (χ1n) is 3.63. The van der Waals surface area contributed by atoms with Gasteiger partial charge in [-0.15, -0.1) is 0 Å². The fourth-order valence-electron chi connectivity index (χ4n) is 0.963. The molecular weight excluding hydrogens is 258 g/mol. The number of pyridine rings is 1. The summed E-state index contributed by atoms with van der Waals surface area (Å²) in [6, 6.07) is 1.74. The number of rotatable bonds is 2. The Hall–Kier alpha value is -1.22. The summed E-state index contributed by atoms with van der Waals surface area (Å²) in [5.74, 6) is 0. The van der Waals surface area contributed by atoms with E-state index < -0.39 is 12.0 Å². The van der Waals surface area contributed by atoms with Gasteiger partial charge in [0.05, 0.1) is 12.5 Å². The predicted octanol–water partition coefficient (Wildman–Crippen LogP) is 2.14. The third-order valence-electron chi connectivity index (χ3n) is 1.64. The van der Waals surface area contributed by atoms with Crippen molar-refractivity contribution in [1.29, 1.82) is 5.26 Å². The number of nitrogens with zero attached hydrogens (tertiary/aromatic N) is 1. The molecule has 1 aromatic heterocycles. The molecule has 0 aliphatic rings. The van der Waals surface area contributed by atoms with E-state index in [2.05, 4.69) is 20.9 Å². The molecule has 0 fully saturated rings. The summed E-state index contributed by atoms with van der Waals surface area (Å²) in [6.07, 6.45) is -1.94. The number of halogens is 3. The summed E-state index contributed by atoms with van der Waals surface area (Å²) < 4.78 is 24.7. The average Bonchev–Trinajstić information content (AvgIpc) is 2.11. The van der Waals surface area contributed by atoms with Crippen LogP contribution in [0, 0.1) is 11.3 Å². The molecule has 14 heavy (non-hydrogen) atoms. The van der Waals surface area contributed by atoms with Crippen LogP contribution in [-0.2, 0) is 6.42 Å². The van der Waals surface area contributed by atoms with E-state index in [4.69, 9.17) is 5.26 Å². The van der Waals surface area contributed by atoms with Crippen molar-refractivity contribution >= 4 is 15.9 Å². The van der Waals surface area contributed by atoms with Crippen molar-refractivity contribution in [1.82, 2.24) is 4.98 Å². The number of H-pyrrole nitrogens is 1. The molecule has 6 heteroatoms. The van der Waals surface area contributed by atoms with Crippen LogP contribution in [0.15, 0.2) is 15.5 Å². The van der Waals surface area contributed by atoms with E-state index in [0.717, 1.165) is 6.20 Å². The molecule has 1 N–H and O–H groups in total. The first kappa shape index (κ1) is 10.9. The van der Waals surface area contributed by atoms with Crippen LogP contribution in [-0.4, -0.2) is 4.98 Å². The maximum atomic E-state index is 12.3. The lowest BCUT2D eigenvalue weighted by molar-refractivity contribution is 0.150. The van der Waals surface area contributed by atoms with Crippen molar-refractivity contribution in [3.05, 3.63) is 32.2 Å². The standard InChI is InChI=1S/C8H5BrF2N2O/c9-6-4(1-2-12)8(14)13-3-5(6)7(10)11/h3,7H,1H2,(H,13,14). The lowest BCUT2D eigenvalue weighted by Gasteiger charge is -2.05. The summed E-state index contributed by atoms with van der Waals surface area (Å²) >= 11 is 2.88. The van der Waals surface area contributed by atoms with Gasteiger partial charge >= 0.3 is 0 Å². The number of hydrogen-bond acceptors (Lipinski definition) is 2. The molecule has 0 bridgehead atoms. The summed E-state index contributed by atoms with van der Waals surface area (Å²) in [5.41, 5.74) is -0.803. The molecule has 1 heterocycles. The predicted molar refractivity (Wildman–Crippen MR) is 49.0 cm³/mol. The molecule has 0 atom stereocenters. The molecular formula is C8H5BrF2N2O. The van der Waals surface area contributed by atoms with Gasteiger partial charge in [0.1, 0.15) is 0 Å².